The van der Waals surface area contributed by atoms with Gasteiger partial charge in [0.15, 0.2) is 12.4 Å². The van der Waals surface area contributed by atoms with Crippen LogP contribution >= 0.6 is 0 Å². The van der Waals surface area contributed by atoms with Gasteiger partial charge < -0.3 is 15.4 Å². The molecule has 0 bridgehead atoms. The van der Waals surface area contributed by atoms with Gasteiger partial charge in [0, 0.05) is 19.2 Å². The number of ether oxygens (including phenoxy) is 1. The molecule has 0 aromatic heterocycles. The summed E-state index contributed by atoms with van der Waals surface area (Å²) in [5, 5.41) is 16.2. The summed E-state index contributed by atoms with van der Waals surface area (Å²) in [7, 11) is 1.77. The average molecular weight is 253 g/mol. The van der Waals surface area contributed by atoms with Crippen molar-refractivity contribution in [3.05, 3.63) is 34.4 Å². The molecule has 0 saturated carbocycles. The van der Waals surface area contributed by atoms with Crippen LogP contribution in [0.25, 0.3) is 0 Å². The molecule has 0 aliphatic carbocycles. The van der Waals surface area contributed by atoms with Gasteiger partial charge >= 0.3 is 5.69 Å². The van der Waals surface area contributed by atoms with Gasteiger partial charge in [-0.1, -0.05) is 12.1 Å². The molecular formula is C11H15N3O4. The maximum atomic E-state index is 11.3. The molecule has 0 unspecified atom stereocenters. The van der Waals surface area contributed by atoms with Gasteiger partial charge in [0.2, 0.25) is 0 Å². The Morgan fingerprint density at radius 3 is 2.78 bits per heavy atom. The summed E-state index contributed by atoms with van der Waals surface area (Å²) >= 11 is 0. The summed E-state index contributed by atoms with van der Waals surface area (Å²) in [6, 6.07) is 5.94. The van der Waals surface area contributed by atoms with E-state index in [1.807, 2.05) is 0 Å². The molecule has 0 aliphatic heterocycles. The van der Waals surface area contributed by atoms with Crippen molar-refractivity contribution in [2.45, 2.75) is 0 Å². The number of rotatable bonds is 7. The molecule has 0 saturated heterocycles. The molecule has 7 heteroatoms. The molecule has 0 aliphatic rings. The molecule has 1 aromatic carbocycles. The number of benzene rings is 1. The van der Waals surface area contributed by atoms with Crippen LogP contribution in [0.1, 0.15) is 0 Å². The molecule has 18 heavy (non-hydrogen) atoms. The van der Waals surface area contributed by atoms with Gasteiger partial charge in [0.1, 0.15) is 0 Å². The van der Waals surface area contributed by atoms with Crippen molar-refractivity contribution in [3.8, 4) is 5.75 Å². The summed E-state index contributed by atoms with van der Waals surface area (Å²) in [6.07, 6.45) is 0. The molecule has 0 fully saturated rings. The number of nitrogens with one attached hydrogen (secondary N) is 2. The minimum atomic E-state index is -0.547. The first kappa shape index (κ1) is 13.9. The van der Waals surface area contributed by atoms with E-state index >= 15 is 0 Å². The van der Waals surface area contributed by atoms with E-state index in [1.165, 1.54) is 18.2 Å². The predicted molar refractivity (Wildman–Crippen MR) is 65.5 cm³/mol. The van der Waals surface area contributed by atoms with E-state index in [2.05, 4.69) is 10.6 Å². The molecule has 0 heterocycles. The van der Waals surface area contributed by atoms with Crippen molar-refractivity contribution < 1.29 is 14.5 Å². The van der Waals surface area contributed by atoms with Crippen molar-refractivity contribution in [1.82, 2.24) is 10.6 Å². The third kappa shape index (κ3) is 4.38. The number of carbonyl (C=O) groups is 1. The Labute approximate surface area is 104 Å². The van der Waals surface area contributed by atoms with E-state index in [1.54, 1.807) is 13.1 Å². The first-order chi connectivity index (χ1) is 8.65. The number of nitro groups is 1. The molecule has 98 valence electrons. The Morgan fingerprint density at radius 1 is 1.39 bits per heavy atom. The van der Waals surface area contributed by atoms with Gasteiger partial charge in [-0.3, -0.25) is 14.9 Å². The van der Waals surface area contributed by atoms with Gasteiger partial charge in [0.05, 0.1) is 4.92 Å². The van der Waals surface area contributed by atoms with E-state index < -0.39 is 4.92 Å². The van der Waals surface area contributed by atoms with Gasteiger partial charge in [-0.25, -0.2) is 0 Å². The van der Waals surface area contributed by atoms with E-state index in [9.17, 15) is 14.9 Å². The first-order valence-corrected chi connectivity index (χ1v) is 5.42. The van der Waals surface area contributed by atoms with E-state index in [-0.39, 0.29) is 24.0 Å². The zero-order chi connectivity index (χ0) is 13.4. The molecule has 1 rings (SSSR count). The first-order valence-electron chi connectivity index (χ1n) is 5.42. The number of nitro benzene ring substituents is 1. The lowest BCUT2D eigenvalue weighted by Crippen LogP contribution is -2.33. The van der Waals surface area contributed by atoms with Crippen molar-refractivity contribution in [3.63, 3.8) is 0 Å². The molecule has 2 N–H and O–H groups in total. The maximum absolute atomic E-state index is 11.3. The summed E-state index contributed by atoms with van der Waals surface area (Å²) in [5.41, 5.74) is -0.152. The zero-order valence-electron chi connectivity index (χ0n) is 10.0. The van der Waals surface area contributed by atoms with Gasteiger partial charge in [-0.15, -0.1) is 0 Å². The van der Waals surface area contributed by atoms with Crippen LogP contribution in [-0.2, 0) is 4.79 Å². The highest BCUT2D eigenvalue weighted by atomic mass is 16.6. The third-order valence-electron chi connectivity index (χ3n) is 2.12. The van der Waals surface area contributed by atoms with Crippen LogP contribution in [0.3, 0.4) is 0 Å². The number of hydrogen-bond acceptors (Lipinski definition) is 5. The minimum Gasteiger partial charge on any atom is -0.477 e. The second-order valence-electron chi connectivity index (χ2n) is 3.47. The quantitative estimate of drug-likeness (QED) is 0.414. The molecule has 7 nitrogen and oxygen atoms in total. The molecular weight excluding hydrogens is 238 g/mol. The molecule has 0 spiro atoms. The van der Waals surface area contributed by atoms with Crippen molar-refractivity contribution in [1.29, 1.82) is 0 Å². The Hall–Kier alpha value is -2.15. The number of likely N-dealkylation sites (N-methyl/N-ethyl adjacent to an activating group) is 1. The fourth-order valence-electron chi connectivity index (χ4n) is 1.25. The number of amides is 1. The van der Waals surface area contributed by atoms with Crippen molar-refractivity contribution in [2.75, 3.05) is 26.7 Å². The Balaban J connectivity index is 2.48. The topological polar surface area (TPSA) is 93.5 Å². The van der Waals surface area contributed by atoms with Crippen LogP contribution in [0.5, 0.6) is 5.75 Å². The van der Waals surface area contributed by atoms with Gasteiger partial charge in [-0.05, 0) is 13.1 Å². The molecule has 1 aromatic rings. The second kappa shape index (κ2) is 7.23. The normalized spacial score (nSPS) is 9.83. The highest BCUT2D eigenvalue weighted by molar-refractivity contribution is 5.77. The predicted octanol–water partition coefficient (Wildman–Crippen LogP) is 0.309. The fraction of sp³-hybridized carbons (Fsp3) is 0.364. The lowest BCUT2D eigenvalue weighted by Gasteiger charge is -2.07. The summed E-state index contributed by atoms with van der Waals surface area (Å²) < 4.78 is 5.12. The highest BCUT2D eigenvalue weighted by Crippen LogP contribution is 2.25. The average Bonchev–Trinajstić information content (AvgIpc) is 2.37. The fourth-order valence-corrected chi connectivity index (χ4v) is 1.25. The van der Waals surface area contributed by atoms with E-state index in [0.717, 1.165) is 0 Å². The largest absolute Gasteiger partial charge is 0.477 e. The van der Waals surface area contributed by atoms with Crippen molar-refractivity contribution >= 4 is 11.6 Å². The summed E-state index contributed by atoms with van der Waals surface area (Å²) in [5.74, 6) is -0.227. The number of carbonyl (C=O) groups excluding carboxylic acids is 1. The minimum absolute atomic E-state index is 0.0891. The number of para-hydroxylation sites is 2. The molecule has 0 radical (unpaired) electrons. The maximum Gasteiger partial charge on any atom is 0.310 e. The lowest BCUT2D eigenvalue weighted by atomic mass is 10.3. The summed E-state index contributed by atoms with van der Waals surface area (Å²) in [4.78, 5) is 21.5. The second-order valence-corrected chi connectivity index (χ2v) is 3.47. The van der Waals surface area contributed by atoms with Crippen LogP contribution in [0.2, 0.25) is 0 Å². The number of hydrogen-bond donors (Lipinski definition) is 2. The Kier molecular flexibility index (Phi) is 5.59. The van der Waals surface area contributed by atoms with Crippen LogP contribution in [-0.4, -0.2) is 37.6 Å². The Bertz CT molecular complexity index is 423. The van der Waals surface area contributed by atoms with Crippen molar-refractivity contribution in [2.24, 2.45) is 0 Å². The SMILES string of the molecule is CNCCNC(=O)COc1ccccc1[N+](=O)[O-]. The van der Waals surface area contributed by atoms with E-state index in [4.69, 9.17) is 4.74 Å². The van der Waals surface area contributed by atoms with Gasteiger partial charge in [-0.2, -0.15) is 0 Å². The van der Waals surface area contributed by atoms with Gasteiger partial charge in [0.25, 0.3) is 5.91 Å². The van der Waals surface area contributed by atoms with Crippen LogP contribution in [0.15, 0.2) is 24.3 Å². The monoisotopic (exact) mass is 253 g/mol. The van der Waals surface area contributed by atoms with Crippen LogP contribution in [0, 0.1) is 10.1 Å². The smallest absolute Gasteiger partial charge is 0.310 e. The standard InChI is InChI=1S/C11H15N3O4/c1-12-6-7-13-11(15)8-18-10-5-3-2-4-9(10)14(16)17/h2-5,12H,6-8H2,1H3,(H,13,15). The summed E-state index contributed by atoms with van der Waals surface area (Å²) in [6.45, 7) is 0.890. The van der Waals surface area contributed by atoms with Crippen LogP contribution < -0.4 is 15.4 Å². The zero-order valence-corrected chi connectivity index (χ0v) is 10.0. The molecule has 0 atom stereocenters. The number of nitrogens with zero attached hydrogens (tertiary/aromatic N) is 1. The van der Waals surface area contributed by atoms with E-state index in [0.29, 0.717) is 13.1 Å². The Morgan fingerprint density at radius 2 is 2.11 bits per heavy atom. The lowest BCUT2D eigenvalue weighted by molar-refractivity contribution is -0.385. The molecule has 1 amide bonds. The highest BCUT2D eigenvalue weighted by Gasteiger charge is 2.14. The third-order valence-corrected chi connectivity index (χ3v) is 2.12. The van der Waals surface area contributed by atoms with Crippen LogP contribution in [0.4, 0.5) is 5.69 Å².